The molecule has 4 nitrogen and oxygen atoms in total. The minimum Gasteiger partial charge on any atom is -0.468 e. The van der Waals surface area contributed by atoms with E-state index in [0.29, 0.717) is 28.4 Å². The van der Waals surface area contributed by atoms with E-state index in [1.165, 1.54) is 11.8 Å². The van der Waals surface area contributed by atoms with Crippen molar-refractivity contribution in [3.63, 3.8) is 0 Å². The second kappa shape index (κ2) is 5.64. The Morgan fingerprint density at radius 1 is 1.22 bits per heavy atom. The van der Waals surface area contributed by atoms with E-state index in [2.05, 4.69) is 0 Å². The zero-order chi connectivity index (χ0) is 13.0. The zero-order valence-electron chi connectivity index (χ0n) is 9.76. The maximum absolute atomic E-state index is 11.9. The summed E-state index contributed by atoms with van der Waals surface area (Å²) in [6.45, 7) is 0. The summed E-state index contributed by atoms with van der Waals surface area (Å²) in [6, 6.07) is 8.68. The maximum atomic E-state index is 11.9. The van der Waals surface area contributed by atoms with Crippen molar-refractivity contribution < 1.29 is 9.21 Å². The predicted octanol–water partition coefficient (Wildman–Crippen LogP) is 2.56. The normalized spacial score (nSPS) is 10.4. The molecule has 5 heteroatoms. The molecule has 0 bridgehead atoms. The average Bonchev–Trinajstić information content (AvgIpc) is 2.85. The highest BCUT2D eigenvalue weighted by molar-refractivity contribution is 7.99. The van der Waals surface area contributed by atoms with Crippen molar-refractivity contribution in [3.8, 4) is 0 Å². The largest absolute Gasteiger partial charge is 0.468 e. The van der Waals surface area contributed by atoms with Gasteiger partial charge in [0.2, 0.25) is 0 Å². The van der Waals surface area contributed by atoms with Crippen molar-refractivity contribution >= 4 is 28.9 Å². The molecule has 0 aliphatic carbocycles. The van der Waals surface area contributed by atoms with Gasteiger partial charge in [-0.05, 0) is 30.3 Å². The van der Waals surface area contributed by atoms with Crippen LogP contribution in [0, 0.1) is 0 Å². The summed E-state index contributed by atoms with van der Waals surface area (Å²) < 4.78 is 5.19. The van der Waals surface area contributed by atoms with E-state index in [9.17, 15) is 4.79 Å². The van der Waals surface area contributed by atoms with Crippen LogP contribution in [0.3, 0.4) is 0 Å². The second-order valence-corrected chi connectivity index (χ2v) is 4.82. The topological polar surface area (TPSA) is 82.2 Å². The standard InChI is InChI=1S/C13H14N2O2S/c14-11-4-3-9(6-12(11)15)13(16)8-18-7-10-2-1-5-17-10/h1-6H,7-8,14-15H2. The predicted molar refractivity (Wildman–Crippen MR) is 74.5 cm³/mol. The Balaban J connectivity index is 1.89. The highest BCUT2D eigenvalue weighted by atomic mass is 32.2. The van der Waals surface area contributed by atoms with E-state index in [0.717, 1.165) is 5.76 Å². The van der Waals surface area contributed by atoms with Crippen LogP contribution in [0.2, 0.25) is 0 Å². The molecule has 0 fully saturated rings. The molecule has 0 unspecified atom stereocenters. The zero-order valence-corrected chi connectivity index (χ0v) is 10.6. The fourth-order valence-electron chi connectivity index (χ4n) is 1.47. The number of furan rings is 1. The third-order valence-corrected chi connectivity index (χ3v) is 3.42. The summed E-state index contributed by atoms with van der Waals surface area (Å²) in [5.41, 5.74) is 12.8. The highest BCUT2D eigenvalue weighted by Crippen LogP contribution is 2.19. The smallest absolute Gasteiger partial charge is 0.172 e. The average molecular weight is 262 g/mol. The van der Waals surface area contributed by atoms with Crippen molar-refractivity contribution in [3.05, 3.63) is 47.9 Å². The molecule has 0 amide bonds. The van der Waals surface area contributed by atoms with Crippen LogP contribution in [-0.4, -0.2) is 11.5 Å². The first-order valence-corrected chi connectivity index (χ1v) is 6.60. The third kappa shape index (κ3) is 3.07. The number of nitrogen functional groups attached to an aromatic ring is 2. The molecule has 18 heavy (non-hydrogen) atoms. The van der Waals surface area contributed by atoms with Gasteiger partial charge >= 0.3 is 0 Å². The van der Waals surface area contributed by atoms with Crippen LogP contribution in [0.15, 0.2) is 41.0 Å². The molecule has 0 spiro atoms. The van der Waals surface area contributed by atoms with Gasteiger partial charge in [-0.1, -0.05) is 0 Å². The maximum Gasteiger partial charge on any atom is 0.172 e. The Morgan fingerprint density at radius 2 is 2.06 bits per heavy atom. The van der Waals surface area contributed by atoms with E-state index < -0.39 is 0 Å². The van der Waals surface area contributed by atoms with E-state index in [1.54, 1.807) is 24.5 Å². The summed E-state index contributed by atoms with van der Waals surface area (Å²) >= 11 is 1.51. The molecule has 0 aliphatic heterocycles. The molecule has 0 aliphatic rings. The summed E-state index contributed by atoms with van der Waals surface area (Å²) in [4.78, 5) is 11.9. The van der Waals surface area contributed by atoms with Gasteiger partial charge in [-0.2, -0.15) is 0 Å². The lowest BCUT2D eigenvalue weighted by Crippen LogP contribution is -2.04. The lowest BCUT2D eigenvalue weighted by molar-refractivity contribution is 0.102. The number of carbonyl (C=O) groups excluding carboxylic acids is 1. The number of hydrogen-bond donors (Lipinski definition) is 2. The van der Waals surface area contributed by atoms with Crippen molar-refractivity contribution in [1.29, 1.82) is 0 Å². The Bertz CT molecular complexity index is 538. The van der Waals surface area contributed by atoms with Crippen LogP contribution in [0.1, 0.15) is 16.1 Å². The number of hydrogen-bond acceptors (Lipinski definition) is 5. The lowest BCUT2D eigenvalue weighted by Gasteiger charge is -2.04. The molecule has 0 atom stereocenters. The number of carbonyl (C=O) groups is 1. The van der Waals surface area contributed by atoms with Crippen LogP contribution in [0.4, 0.5) is 11.4 Å². The molecule has 0 radical (unpaired) electrons. The molecule has 1 aromatic heterocycles. The van der Waals surface area contributed by atoms with Gasteiger partial charge in [0.15, 0.2) is 5.78 Å². The molecular formula is C13H14N2O2S. The highest BCUT2D eigenvalue weighted by Gasteiger charge is 2.08. The molecule has 0 saturated heterocycles. The van der Waals surface area contributed by atoms with Gasteiger partial charge in [0.1, 0.15) is 5.76 Å². The number of rotatable bonds is 5. The quantitative estimate of drug-likeness (QED) is 0.639. The molecule has 0 saturated carbocycles. The molecule has 1 heterocycles. The van der Waals surface area contributed by atoms with Gasteiger partial charge in [0, 0.05) is 5.56 Å². The molecule has 2 aromatic rings. The third-order valence-electron chi connectivity index (χ3n) is 2.47. The van der Waals surface area contributed by atoms with E-state index >= 15 is 0 Å². The summed E-state index contributed by atoms with van der Waals surface area (Å²) in [5, 5.41) is 0. The Labute approximate surface area is 109 Å². The Morgan fingerprint density at radius 3 is 2.72 bits per heavy atom. The van der Waals surface area contributed by atoms with E-state index in [4.69, 9.17) is 15.9 Å². The van der Waals surface area contributed by atoms with Crippen LogP contribution in [0.25, 0.3) is 0 Å². The van der Waals surface area contributed by atoms with Crippen molar-refractivity contribution in [2.75, 3.05) is 17.2 Å². The first-order chi connectivity index (χ1) is 8.66. The first-order valence-electron chi connectivity index (χ1n) is 5.45. The fraction of sp³-hybridized carbons (Fsp3) is 0.154. The van der Waals surface area contributed by atoms with Gasteiger partial charge in [-0.25, -0.2) is 0 Å². The molecular weight excluding hydrogens is 248 g/mol. The minimum atomic E-state index is 0.0401. The summed E-state index contributed by atoms with van der Waals surface area (Å²) in [7, 11) is 0. The number of nitrogens with two attached hydrogens (primary N) is 2. The number of thioether (sulfide) groups is 1. The Kier molecular flexibility index (Phi) is 3.94. The second-order valence-electron chi connectivity index (χ2n) is 3.84. The van der Waals surface area contributed by atoms with Gasteiger partial charge in [-0.3, -0.25) is 4.79 Å². The molecule has 94 valence electrons. The van der Waals surface area contributed by atoms with Crippen LogP contribution >= 0.6 is 11.8 Å². The first kappa shape index (κ1) is 12.6. The van der Waals surface area contributed by atoms with Gasteiger partial charge in [0.05, 0.1) is 29.1 Å². The number of Topliss-reactive ketones (excluding diaryl/α,β-unsaturated/α-hetero) is 1. The van der Waals surface area contributed by atoms with Crippen LogP contribution in [0.5, 0.6) is 0 Å². The van der Waals surface area contributed by atoms with Crippen molar-refractivity contribution in [1.82, 2.24) is 0 Å². The number of ketones is 1. The molecule has 1 aromatic carbocycles. The van der Waals surface area contributed by atoms with E-state index in [-0.39, 0.29) is 5.78 Å². The van der Waals surface area contributed by atoms with Crippen LogP contribution < -0.4 is 11.5 Å². The van der Waals surface area contributed by atoms with Gasteiger partial charge in [0.25, 0.3) is 0 Å². The lowest BCUT2D eigenvalue weighted by atomic mass is 10.1. The number of benzene rings is 1. The van der Waals surface area contributed by atoms with Crippen LogP contribution in [-0.2, 0) is 5.75 Å². The summed E-state index contributed by atoms with van der Waals surface area (Å²) in [6.07, 6.45) is 1.62. The van der Waals surface area contributed by atoms with Gasteiger partial charge < -0.3 is 15.9 Å². The molecule has 4 N–H and O–H groups in total. The summed E-state index contributed by atoms with van der Waals surface area (Å²) in [5.74, 6) is 1.98. The van der Waals surface area contributed by atoms with Crippen molar-refractivity contribution in [2.45, 2.75) is 5.75 Å². The molecule has 2 rings (SSSR count). The van der Waals surface area contributed by atoms with Crippen molar-refractivity contribution in [2.24, 2.45) is 0 Å². The minimum absolute atomic E-state index is 0.0401. The monoisotopic (exact) mass is 262 g/mol. The fourth-order valence-corrected chi connectivity index (χ4v) is 2.29. The number of anilines is 2. The SMILES string of the molecule is Nc1ccc(C(=O)CSCc2ccco2)cc1N. The van der Waals surface area contributed by atoms with Gasteiger partial charge in [-0.15, -0.1) is 11.8 Å². The van der Waals surface area contributed by atoms with E-state index in [1.807, 2.05) is 12.1 Å². The Hall–Kier alpha value is -1.88.